The first-order valence-corrected chi connectivity index (χ1v) is 6.76. The Morgan fingerprint density at radius 1 is 1.44 bits per heavy atom. The second-order valence-corrected chi connectivity index (χ2v) is 5.34. The zero-order valence-corrected chi connectivity index (χ0v) is 10.8. The van der Waals surface area contributed by atoms with E-state index < -0.39 is 0 Å². The molecule has 0 amide bonds. The van der Waals surface area contributed by atoms with Crippen molar-refractivity contribution in [2.75, 3.05) is 25.4 Å². The minimum atomic E-state index is 0.360. The zero-order chi connectivity index (χ0) is 11.4. The third-order valence-corrected chi connectivity index (χ3v) is 4.06. The molecule has 1 fully saturated rings. The second kappa shape index (κ2) is 5.71. The van der Waals surface area contributed by atoms with Crippen molar-refractivity contribution in [1.82, 2.24) is 5.32 Å². The van der Waals surface area contributed by atoms with Crippen LogP contribution in [0, 0.1) is 13.8 Å². The van der Waals surface area contributed by atoms with Gasteiger partial charge in [-0.3, -0.25) is 0 Å². The number of nitrogens with one attached hydrogen (secondary N) is 1. The van der Waals surface area contributed by atoms with Crippen molar-refractivity contribution >= 4 is 11.8 Å². The number of aryl methyl sites for hydroxylation is 2. The molecule has 0 aliphatic carbocycles. The van der Waals surface area contributed by atoms with E-state index in [4.69, 9.17) is 4.74 Å². The summed E-state index contributed by atoms with van der Waals surface area (Å²) in [5.41, 5.74) is 2.69. The number of hydrogen-bond acceptors (Lipinski definition) is 3. The Labute approximate surface area is 102 Å². The predicted octanol–water partition coefficient (Wildman–Crippen LogP) is 2.38. The van der Waals surface area contributed by atoms with Gasteiger partial charge in [-0.25, -0.2) is 0 Å². The van der Waals surface area contributed by atoms with Crippen LogP contribution in [0.15, 0.2) is 23.1 Å². The molecule has 1 N–H and O–H groups in total. The average Bonchev–Trinajstić information content (AvgIpc) is 2.32. The molecule has 1 aliphatic rings. The van der Waals surface area contributed by atoms with Crippen LogP contribution < -0.4 is 5.32 Å². The first-order valence-electron chi connectivity index (χ1n) is 5.78. The van der Waals surface area contributed by atoms with Crippen LogP contribution in [0.5, 0.6) is 0 Å². The minimum Gasteiger partial charge on any atom is -0.375 e. The number of hydrogen-bond donors (Lipinski definition) is 1. The Balaban J connectivity index is 1.90. The Bertz CT molecular complexity index is 348. The monoisotopic (exact) mass is 237 g/mol. The molecule has 1 atom stereocenters. The van der Waals surface area contributed by atoms with Crippen molar-refractivity contribution in [2.24, 2.45) is 0 Å². The maximum absolute atomic E-state index is 5.69. The van der Waals surface area contributed by atoms with E-state index in [0.29, 0.717) is 6.10 Å². The third-order valence-electron chi connectivity index (χ3n) is 2.77. The zero-order valence-electron chi connectivity index (χ0n) is 9.95. The van der Waals surface area contributed by atoms with E-state index in [2.05, 4.69) is 37.4 Å². The van der Waals surface area contributed by atoms with Crippen molar-refractivity contribution in [1.29, 1.82) is 0 Å². The van der Waals surface area contributed by atoms with Gasteiger partial charge in [-0.2, -0.15) is 0 Å². The molecule has 0 saturated carbocycles. The molecule has 1 aliphatic heterocycles. The Morgan fingerprint density at radius 2 is 2.31 bits per heavy atom. The van der Waals surface area contributed by atoms with Crippen LogP contribution in [0.25, 0.3) is 0 Å². The molecule has 0 bridgehead atoms. The van der Waals surface area contributed by atoms with Gasteiger partial charge in [-0.15, -0.1) is 11.8 Å². The SMILES string of the molecule is Cc1ccc(C)c(SCC2CNCCO2)c1. The number of ether oxygens (including phenoxy) is 1. The van der Waals surface area contributed by atoms with E-state index in [1.54, 1.807) is 0 Å². The summed E-state index contributed by atoms with van der Waals surface area (Å²) in [5, 5.41) is 3.36. The van der Waals surface area contributed by atoms with Crippen LogP contribution in [0.2, 0.25) is 0 Å². The molecule has 1 aromatic carbocycles. The van der Waals surface area contributed by atoms with Crippen LogP contribution in [-0.4, -0.2) is 31.6 Å². The molecule has 1 unspecified atom stereocenters. The lowest BCUT2D eigenvalue weighted by Crippen LogP contribution is -2.39. The van der Waals surface area contributed by atoms with Gasteiger partial charge in [-0.05, 0) is 25.5 Å². The van der Waals surface area contributed by atoms with E-state index >= 15 is 0 Å². The molecular weight excluding hydrogens is 218 g/mol. The minimum absolute atomic E-state index is 0.360. The second-order valence-electron chi connectivity index (χ2n) is 4.28. The van der Waals surface area contributed by atoms with Crippen LogP contribution in [0.4, 0.5) is 0 Å². The van der Waals surface area contributed by atoms with Gasteiger partial charge >= 0.3 is 0 Å². The van der Waals surface area contributed by atoms with Gasteiger partial charge in [0, 0.05) is 23.7 Å². The Hall–Kier alpha value is -0.510. The number of morpholine rings is 1. The molecular formula is C13H19NOS. The molecule has 1 aromatic rings. The summed E-state index contributed by atoms with van der Waals surface area (Å²) >= 11 is 1.90. The summed E-state index contributed by atoms with van der Waals surface area (Å²) in [7, 11) is 0. The smallest absolute Gasteiger partial charge is 0.0793 e. The summed E-state index contributed by atoms with van der Waals surface area (Å²) in [5.74, 6) is 1.04. The van der Waals surface area contributed by atoms with Crippen molar-refractivity contribution < 1.29 is 4.74 Å². The quantitative estimate of drug-likeness (QED) is 0.816. The van der Waals surface area contributed by atoms with Crippen LogP contribution in [0.1, 0.15) is 11.1 Å². The van der Waals surface area contributed by atoms with E-state index in [9.17, 15) is 0 Å². The molecule has 0 aromatic heterocycles. The number of thioether (sulfide) groups is 1. The fourth-order valence-electron chi connectivity index (χ4n) is 1.77. The van der Waals surface area contributed by atoms with E-state index in [1.807, 2.05) is 11.8 Å². The van der Waals surface area contributed by atoms with Crippen molar-refractivity contribution in [3.8, 4) is 0 Å². The largest absolute Gasteiger partial charge is 0.375 e. The van der Waals surface area contributed by atoms with Crippen molar-refractivity contribution in [3.05, 3.63) is 29.3 Å². The van der Waals surface area contributed by atoms with Crippen molar-refractivity contribution in [3.63, 3.8) is 0 Å². The van der Waals surface area contributed by atoms with Gasteiger partial charge in [0.05, 0.1) is 12.7 Å². The van der Waals surface area contributed by atoms with Crippen LogP contribution in [-0.2, 0) is 4.74 Å². The van der Waals surface area contributed by atoms with E-state index in [1.165, 1.54) is 16.0 Å². The summed E-state index contributed by atoms with van der Waals surface area (Å²) in [6.07, 6.45) is 0.360. The first kappa shape index (κ1) is 12.0. The fourth-order valence-corrected chi connectivity index (χ4v) is 2.92. The fraction of sp³-hybridized carbons (Fsp3) is 0.538. The third kappa shape index (κ3) is 3.24. The van der Waals surface area contributed by atoms with Gasteiger partial charge in [-0.1, -0.05) is 17.7 Å². The lowest BCUT2D eigenvalue weighted by molar-refractivity contribution is 0.0441. The highest BCUT2D eigenvalue weighted by Gasteiger charge is 2.13. The lowest BCUT2D eigenvalue weighted by Gasteiger charge is -2.23. The summed E-state index contributed by atoms with van der Waals surface area (Å²) in [6, 6.07) is 6.62. The Morgan fingerprint density at radius 3 is 3.06 bits per heavy atom. The molecule has 1 heterocycles. The number of benzene rings is 1. The molecule has 0 radical (unpaired) electrons. The van der Waals surface area contributed by atoms with Gasteiger partial charge in [0.2, 0.25) is 0 Å². The summed E-state index contributed by atoms with van der Waals surface area (Å²) < 4.78 is 5.69. The van der Waals surface area contributed by atoms with E-state index in [-0.39, 0.29) is 0 Å². The topological polar surface area (TPSA) is 21.3 Å². The summed E-state index contributed by atoms with van der Waals surface area (Å²) in [6.45, 7) is 7.13. The lowest BCUT2D eigenvalue weighted by atomic mass is 10.2. The predicted molar refractivity (Wildman–Crippen MR) is 69.2 cm³/mol. The highest BCUT2D eigenvalue weighted by atomic mass is 32.2. The normalized spacial score (nSPS) is 21.0. The van der Waals surface area contributed by atoms with Crippen LogP contribution in [0.3, 0.4) is 0 Å². The van der Waals surface area contributed by atoms with Gasteiger partial charge < -0.3 is 10.1 Å². The van der Waals surface area contributed by atoms with Gasteiger partial charge in [0.1, 0.15) is 0 Å². The van der Waals surface area contributed by atoms with E-state index in [0.717, 1.165) is 25.4 Å². The standard InChI is InChI=1S/C13H19NOS/c1-10-3-4-11(2)13(7-10)16-9-12-8-14-5-6-15-12/h3-4,7,12,14H,5-6,8-9H2,1-2H3. The maximum Gasteiger partial charge on any atom is 0.0793 e. The molecule has 2 rings (SSSR count). The average molecular weight is 237 g/mol. The van der Waals surface area contributed by atoms with Crippen molar-refractivity contribution in [2.45, 2.75) is 24.8 Å². The molecule has 16 heavy (non-hydrogen) atoms. The Kier molecular flexibility index (Phi) is 4.27. The first-order chi connectivity index (χ1) is 7.75. The number of rotatable bonds is 3. The summed E-state index contributed by atoms with van der Waals surface area (Å²) in [4.78, 5) is 1.38. The molecule has 3 heteroatoms. The van der Waals surface area contributed by atoms with Crippen LogP contribution >= 0.6 is 11.8 Å². The molecule has 0 spiro atoms. The maximum atomic E-state index is 5.69. The molecule has 1 saturated heterocycles. The van der Waals surface area contributed by atoms with Gasteiger partial charge in [0.15, 0.2) is 0 Å². The molecule has 2 nitrogen and oxygen atoms in total. The highest BCUT2D eigenvalue weighted by Crippen LogP contribution is 2.24. The van der Waals surface area contributed by atoms with Gasteiger partial charge in [0.25, 0.3) is 0 Å². The highest BCUT2D eigenvalue weighted by molar-refractivity contribution is 7.99. The molecule has 88 valence electrons.